The largest absolute Gasteiger partial charge is 0.462 e. The molecule has 0 amide bonds. The number of esters is 3. The molecule has 0 aromatic rings. The Labute approximate surface area is 344 Å². The van der Waals surface area contributed by atoms with Gasteiger partial charge in [0.05, 0.1) is 0 Å². The molecular formula is C50H82O6. The van der Waals surface area contributed by atoms with Gasteiger partial charge in [0, 0.05) is 19.3 Å². The summed E-state index contributed by atoms with van der Waals surface area (Å²) in [6.07, 6.45) is 55.9. The Bertz CT molecular complexity index is 1120. The highest BCUT2D eigenvalue weighted by Gasteiger charge is 2.19. The molecule has 56 heavy (non-hydrogen) atoms. The van der Waals surface area contributed by atoms with Gasteiger partial charge in [0.25, 0.3) is 0 Å². The van der Waals surface area contributed by atoms with Crippen molar-refractivity contribution in [3.63, 3.8) is 0 Å². The summed E-state index contributed by atoms with van der Waals surface area (Å²) < 4.78 is 16.6. The predicted octanol–water partition coefficient (Wildman–Crippen LogP) is 14.5. The van der Waals surface area contributed by atoms with E-state index in [2.05, 4.69) is 106 Å². The number of rotatable bonds is 39. The van der Waals surface area contributed by atoms with Crippen LogP contribution in [0.1, 0.15) is 194 Å². The molecule has 0 aliphatic carbocycles. The molecule has 0 aromatic carbocycles. The summed E-state index contributed by atoms with van der Waals surface area (Å²) in [4.78, 5) is 37.6. The second kappa shape index (κ2) is 44.3. The van der Waals surface area contributed by atoms with Crippen molar-refractivity contribution in [2.45, 2.75) is 200 Å². The normalized spacial score (nSPS) is 12.8. The van der Waals surface area contributed by atoms with Gasteiger partial charge in [0.15, 0.2) is 6.10 Å². The maximum atomic E-state index is 12.7. The number of allylic oxidation sites excluding steroid dienone is 14. The lowest BCUT2D eigenvalue weighted by molar-refractivity contribution is -0.167. The second-order valence-electron chi connectivity index (χ2n) is 14.6. The van der Waals surface area contributed by atoms with Gasteiger partial charge < -0.3 is 14.2 Å². The first-order chi connectivity index (χ1) is 27.5. The summed E-state index contributed by atoms with van der Waals surface area (Å²) in [5, 5.41) is 0. The average molecular weight is 779 g/mol. The summed E-state index contributed by atoms with van der Waals surface area (Å²) in [5.41, 5.74) is 0. The summed E-state index contributed by atoms with van der Waals surface area (Å²) in [7, 11) is 0. The van der Waals surface area contributed by atoms with E-state index in [1.165, 1.54) is 57.8 Å². The molecule has 6 heteroatoms. The van der Waals surface area contributed by atoms with Crippen LogP contribution in [0.2, 0.25) is 0 Å². The fourth-order valence-electron chi connectivity index (χ4n) is 5.70. The molecule has 0 fully saturated rings. The quantitative estimate of drug-likeness (QED) is 0.0268. The van der Waals surface area contributed by atoms with Gasteiger partial charge in [0.1, 0.15) is 13.2 Å². The molecule has 1 atom stereocenters. The lowest BCUT2D eigenvalue weighted by Crippen LogP contribution is -2.30. The van der Waals surface area contributed by atoms with E-state index in [0.29, 0.717) is 19.3 Å². The van der Waals surface area contributed by atoms with Crippen molar-refractivity contribution in [3.05, 3.63) is 85.1 Å². The Morgan fingerprint density at radius 3 is 1.23 bits per heavy atom. The predicted molar refractivity (Wildman–Crippen MR) is 237 cm³/mol. The van der Waals surface area contributed by atoms with Crippen LogP contribution in [0.3, 0.4) is 0 Å². The van der Waals surface area contributed by atoms with Crippen molar-refractivity contribution in [3.8, 4) is 0 Å². The van der Waals surface area contributed by atoms with Crippen LogP contribution in [-0.4, -0.2) is 37.2 Å². The first-order valence-electron chi connectivity index (χ1n) is 22.6. The maximum Gasteiger partial charge on any atom is 0.306 e. The van der Waals surface area contributed by atoms with Crippen LogP contribution >= 0.6 is 0 Å². The highest BCUT2D eigenvalue weighted by molar-refractivity contribution is 5.71. The van der Waals surface area contributed by atoms with Gasteiger partial charge in [-0.1, -0.05) is 164 Å². The highest BCUT2D eigenvalue weighted by atomic mass is 16.6. The zero-order valence-electron chi connectivity index (χ0n) is 36.1. The Hall–Kier alpha value is -3.41. The van der Waals surface area contributed by atoms with Gasteiger partial charge in [-0.25, -0.2) is 0 Å². The van der Waals surface area contributed by atoms with E-state index in [0.717, 1.165) is 83.5 Å². The summed E-state index contributed by atoms with van der Waals surface area (Å²) in [6, 6.07) is 0. The van der Waals surface area contributed by atoms with Crippen molar-refractivity contribution in [1.29, 1.82) is 0 Å². The Balaban J connectivity index is 4.51. The summed E-state index contributed by atoms with van der Waals surface area (Å²) >= 11 is 0. The third-order valence-corrected chi connectivity index (χ3v) is 9.10. The molecule has 0 aromatic heterocycles. The SMILES string of the molecule is CC/C=C\C/C=C\C/C=C\CCCC(=O)OC(COC(=O)CCC/C=C\C/C=C\C/C=C\CCCCCCCC)COC(=O)CCCCCC/C=C\CCCC. The Morgan fingerprint density at radius 2 is 0.732 bits per heavy atom. The zero-order valence-corrected chi connectivity index (χ0v) is 36.1. The van der Waals surface area contributed by atoms with Crippen LogP contribution in [0.4, 0.5) is 0 Å². The van der Waals surface area contributed by atoms with E-state index in [-0.39, 0.29) is 44.0 Å². The molecule has 0 radical (unpaired) electrons. The molecule has 0 saturated carbocycles. The number of hydrogen-bond acceptors (Lipinski definition) is 6. The Kier molecular flexibility index (Phi) is 41.6. The lowest BCUT2D eigenvalue weighted by atomic mass is 10.1. The average Bonchev–Trinajstić information content (AvgIpc) is 3.19. The molecule has 1 unspecified atom stereocenters. The minimum atomic E-state index is -0.825. The van der Waals surface area contributed by atoms with Crippen molar-refractivity contribution < 1.29 is 28.6 Å². The highest BCUT2D eigenvalue weighted by Crippen LogP contribution is 2.11. The van der Waals surface area contributed by atoms with Crippen LogP contribution in [0.15, 0.2) is 85.1 Å². The van der Waals surface area contributed by atoms with Crippen molar-refractivity contribution in [2.75, 3.05) is 13.2 Å². The molecule has 6 nitrogen and oxygen atoms in total. The van der Waals surface area contributed by atoms with Gasteiger partial charge in [0.2, 0.25) is 0 Å². The van der Waals surface area contributed by atoms with Crippen LogP contribution in [0, 0.1) is 0 Å². The van der Waals surface area contributed by atoms with Crippen molar-refractivity contribution in [1.82, 2.24) is 0 Å². The third-order valence-electron chi connectivity index (χ3n) is 9.10. The van der Waals surface area contributed by atoms with Gasteiger partial charge in [-0.2, -0.15) is 0 Å². The van der Waals surface area contributed by atoms with Crippen LogP contribution < -0.4 is 0 Å². The van der Waals surface area contributed by atoms with Crippen LogP contribution in [-0.2, 0) is 28.6 Å². The van der Waals surface area contributed by atoms with Gasteiger partial charge in [-0.15, -0.1) is 0 Å². The fourth-order valence-corrected chi connectivity index (χ4v) is 5.70. The smallest absolute Gasteiger partial charge is 0.306 e. The molecule has 0 heterocycles. The number of hydrogen-bond donors (Lipinski definition) is 0. The van der Waals surface area contributed by atoms with Crippen LogP contribution in [0.5, 0.6) is 0 Å². The molecule has 0 saturated heterocycles. The lowest BCUT2D eigenvalue weighted by Gasteiger charge is -2.18. The molecule has 0 rings (SSSR count). The topological polar surface area (TPSA) is 78.9 Å². The van der Waals surface area contributed by atoms with E-state index in [1.807, 2.05) is 0 Å². The fraction of sp³-hybridized carbons (Fsp3) is 0.660. The van der Waals surface area contributed by atoms with Gasteiger partial charge in [-0.3, -0.25) is 14.4 Å². The number of unbranched alkanes of at least 4 members (excludes halogenated alkanes) is 14. The molecule has 0 N–H and O–H groups in total. The van der Waals surface area contributed by atoms with Crippen molar-refractivity contribution >= 4 is 17.9 Å². The van der Waals surface area contributed by atoms with Crippen molar-refractivity contribution in [2.24, 2.45) is 0 Å². The van der Waals surface area contributed by atoms with E-state index in [1.54, 1.807) is 0 Å². The number of carbonyl (C=O) groups excluding carboxylic acids is 3. The molecule has 0 bridgehead atoms. The zero-order chi connectivity index (χ0) is 40.8. The second-order valence-corrected chi connectivity index (χ2v) is 14.6. The monoisotopic (exact) mass is 779 g/mol. The number of carbonyl (C=O) groups is 3. The molecule has 0 aliphatic rings. The minimum Gasteiger partial charge on any atom is -0.462 e. The van der Waals surface area contributed by atoms with E-state index < -0.39 is 6.10 Å². The van der Waals surface area contributed by atoms with E-state index in [9.17, 15) is 14.4 Å². The maximum absolute atomic E-state index is 12.7. The summed E-state index contributed by atoms with van der Waals surface area (Å²) in [6.45, 7) is 6.34. The number of ether oxygens (including phenoxy) is 3. The van der Waals surface area contributed by atoms with E-state index in [4.69, 9.17) is 14.2 Å². The standard InChI is InChI=1S/C50H82O6/c1-4-7-10-13-16-19-22-23-24-25-26-27-29-31-34-37-40-43-49(52)55-46-47(45-54-48(51)42-39-36-33-30-21-18-15-12-9-6-3)56-50(53)44-41-38-35-32-28-20-17-14-11-8-5-2/h8,11,15,17-18,20,23-24,26-27,31-32,34-35,47H,4-7,9-10,12-14,16,19,21-22,25,28-30,33,36-46H2,1-3H3/b11-8-,18-15-,20-17-,24-23-,27-26-,34-31-,35-32-. The minimum absolute atomic E-state index is 0.120. The third kappa shape index (κ3) is 41.7. The molecular weight excluding hydrogens is 697 g/mol. The van der Waals surface area contributed by atoms with E-state index >= 15 is 0 Å². The molecule has 0 spiro atoms. The first-order valence-corrected chi connectivity index (χ1v) is 22.6. The Morgan fingerprint density at radius 1 is 0.375 bits per heavy atom. The summed E-state index contributed by atoms with van der Waals surface area (Å²) in [5.74, 6) is -1.05. The van der Waals surface area contributed by atoms with Crippen LogP contribution in [0.25, 0.3) is 0 Å². The first kappa shape index (κ1) is 52.6. The van der Waals surface area contributed by atoms with Gasteiger partial charge >= 0.3 is 17.9 Å². The molecule has 318 valence electrons. The molecule has 0 aliphatic heterocycles. The van der Waals surface area contributed by atoms with Gasteiger partial charge in [-0.05, 0) is 96.3 Å².